The molecule has 0 aromatic carbocycles. The van der Waals surface area contributed by atoms with E-state index in [0.717, 1.165) is 12.2 Å². The van der Waals surface area contributed by atoms with Gasteiger partial charge in [0.2, 0.25) is 0 Å². The minimum Gasteiger partial charge on any atom is -0.329 e. The Hall–Kier alpha value is -0.900. The van der Waals surface area contributed by atoms with E-state index in [1.165, 1.54) is 0 Å². The number of nitrogens with zero attached hydrogens (tertiary/aromatic N) is 3. The van der Waals surface area contributed by atoms with Crippen LogP contribution in [0.25, 0.3) is 0 Å². The summed E-state index contributed by atoms with van der Waals surface area (Å²) in [4.78, 5) is 0. The molecule has 0 aliphatic carbocycles. The second kappa shape index (κ2) is 3.23. The lowest BCUT2D eigenvalue weighted by atomic mass is 9.93. The first kappa shape index (κ1) is 9.19. The Balaban J connectivity index is 2.77. The van der Waals surface area contributed by atoms with Crippen molar-refractivity contribution in [2.45, 2.75) is 32.7 Å². The molecule has 0 fully saturated rings. The third-order valence-electron chi connectivity index (χ3n) is 1.67. The summed E-state index contributed by atoms with van der Waals surface area (Å²) < 4.78 is 1.78. The molecule has 1 aromatic rings. The zero-order valence-corrected chi connectivity index (χ0v) is 7.91. The molecule has 4 heteroatoms. The van der Waals surface area contributed by atoms with E-state index in [9.17, 15) is 0 Å². The maximum Gasteiger partial charge on any atom is 0.0880 e. The summed E-state index contributed by atoms with van der Waals surface area (Å²) in [6.07, 6.45) is 1.95. The van der Waals surface area contributed by atoms with Crippen molar-refractivity contribution >= 4 is 0 Å². The van der Waals surface area contributed by atoms with Crippen molar-refractivity contribution in [1.29, 1.82) is 0 Å². The van der Waals surface area contributed by atoms with Crippen LogP contribution in [0, 0.1) is 0 Å². The predicted octanol–water partition coefficient (Wildman–Crippen LogP) is 0.534. The molecule has 0 amide bonds. The average molecular weight is 168 g/mol. The Kier molecular flexibility index (Phi) is 2.47. The molecule has 12 heavy (non-hydrogen) atoms. The van der Waals surface area contributed by atoms with E-state index in [2.05, 4.69) is 31.1 Å². The van der Waals surface area contributed by atoms with Crippen molar-refractivity contribution in [3.05, 3.63) is 11.9 Å². The Bertz CT molecular complexity index is 246. The third-order valence-corrected chi connectivity index (χ3v) is 1.67. The van der Waals surface area contributed by atoms with Gasteiger partial charge < -0.3 is 5.73 Å². The van der Waals surface area contributed by atoms with Crippen LogP contribution in [-0.4, -0.2) is 21.5 Å². The minimum absolute atomic E-state index is 0.0762. The van der Waals surface area contributed by atoms with Gasteiger partial charge in [-0.05, 0) is 0 Å². The highest BCUT2D eigenvalue weighted by Crippen LogP contribution is 2.18. The third kappa shape index (κ3) is 2.04. The fraction of sp³-hybridized carbons (Fsp3) is 0.750. The summed E-state index contributed by atoms with van der Waals surface area (Å²) in [6, 6.07) is 0. The average Bonchev–Trinajstić information content (AvgIpc) is 2.35. The van der Waals surface area contributed by atoms with Crippen LogP contribution >= 0.6 is 0 Å². The zero-order valence-electron chi connectivity index (χ0n) is 7.91. The number of hydrogen-bond acceptors (Lipinski definition) is 3. The van der Waals surface area contributed by atoms with E-state index >= 15 is 0 Å². The molecule has 0 unspecified atom stereocenters. The highest BCUT2D eigenvalue weighted by Gasteiger charge is 2.17. The Labute approximate surface area is 72.8 Å². The van der Waals surface area contributed by atoms with E-state index in [1.807, 2.05) is 6.20 Å². The van der Waals surface area contributed by atoms with Gasteiger partial charge in [-0.2, -0.15) is 0 Å². The maximum absolute atomic E-state index is 5.39. The van der Waals surface area contributed by atoms with E-state index in [4.69, 9.17) is 5.73 Å². The van der Waals surface area contributed by atoms with Crippen LogP contribution in [0.15, 0.2) is 6.20 Å². The molecule has 1 aromatic heterocycles. The van der Waals surface area contributed by atoms with Crippen LogP contribution in [-0.2, 0) is 12.0 Å². The Morgan fingerprint density at radius 2 is 2.17 bits per heavy atom. The van der Waals surface area contributed by atoms with Gasteiger partial charge in [-0.1, -0.05) is 26.0 Å². The number of nitrogens with two attached hydrogens (primary N) is 1. The van der Waals surface area contributed by atoms with Gasteiger partial charge in [0, 0.05) is 18.2 Å². The van der Waals surface area contributed by atoms with E-state index in [1.54, 1.807) is 4.68 Å². The molecule has 4 nitrogen and oxygen atoms in total. The summed E-state index contributed by atoms with van der Waals surface area (Å²) in [5, 5.41) is 8.02. The van der Waals surface area contributed by atoms with Gasteiger partial charge in [0.05, 0.1) is 12.2 Å². The largest absolute Gasteiger partial charge is 0.329 e. The molecule has 0 aliphatic heterocycles. The van der Waals surface area contributed by atoms with Crippen molar-refractivity contribution in [3.63, 3.8) is 0 Å². The van der Waals surface area contributed by atoms with E-state index in [-0.39, 0.29) is 5.41 Å². The minimum atomic E-state index is 0.0762. The van der Waals surface area contributed by atoms with Crippen LogP contribution in [0.3, 0.4) is 0 Å². The molecule has 1 rings (SSSR count). The molecule has 0 spiro atoms. The van der Waals surface area contributed by atoms with Crippen molar-refractivity contribution in [2.24, 2.45) is 5.73 Å². The van der Waals surface area contributed by atoms with Crippen LogP contribution < -0.4 is 5.73 Å². The molecule has 0 aliphatic rings. The molecule has 0 bridgehead atoms. The van der Waals surface area contributed by atoms with E-state index < -0.39 is 0 Å². The molecule has 0 radical (unpaired) electrons. The van der Waals surface area contributed by atoms with Crippen molar-refractivity contribution in [1.82, 2.24) is 15.0 Å². The fourth-order valence-electron chi connectivity index (χ4n) is 0.884. The van der Waals surface area contributed by atoms with Gasteiger partial charge in [0.25, 0.3) is 0 Å². The molecule has 0 saturated carbocycles. The van der Waals surface area contributed by atoms with Crippen molar-refractivity contribution < 1.29 is 0 Å². The van der Waals surface area contributed by atoms with Crippen molar-refractivity contribution in [3.8, 4) is 0 Å². The first-order valence-corrected chi connectivity index (χ1v) is 4.14. The second-order valence-electron chi connectivity index (χ2n) is 3.91. The Morgan fingerprint density at radius 1 is 1.50 bits per heavy atom. The lowest BCUT2D eigenvalue weighted by Gasteiger charge is -2.12. The maximum atomic E-state index is 5.39. The highest BCUT2D eigenvalue weighted by atomic mass is 15.4. The lowest BCUT2D eigenvalue weighted by Crippen LogP contribution is -2.12. The summed E-state index contributed by atoms with van der Waals surface area (Å²) >= 11 is 0. The molecule has 0 saturated heterocycles. The van der Waals surface area contributed by atoms with Gasteiger partial charge >= 0.3 is 0 Å². The fourth-order valence-corrected chi connectivity index (χ4v) is 0.884. The zero-order chi connectivity index (χ0) is 9.19. The van der Waals surface area contributed by atoms with E-state index in [0.29, 0.717) is 6.54 Å². The van der Waals surface area contributed by atoms with Gasteiger partial charge in [0.1, 0.15) is 0 Å². The van der Waals surface area contributed by atoms with Crippen LogP contribution in [0.4, 0.5) is 0 Å². The summed E-state index contributed by atoms with van der Waals surface area (Å²) in [5.41, 5.74) is 6.48. The first-order chi connectivity index (χ1) is 5.54. The number of hydrogen-bond donors (Lipinski definition) is 1. The summed E-state index contributed by atoms with van der Waals surface area (Å²) in [5.74, 6) is 0. The Morgan fingerprint density at radius 3 is 2.58 bits per heavy atom. The first-order valence-electron chi connectivity index (χ1n) is 4.14. The molecular weight excluding hydrogens is 152 g/mol. The van der Waals surface area contributed by atoms with Gasteiger partial charge in [-0.25, -0.2) is 0 Å². The van der Waals surface area contributed by atoms with Crippen LogP contribution in [0.2, 0.25) is 0 Å². The standard InChI is InChI=1S/C8H16N4/c1-8(2,3)7-6-12(5-4-9)11-10-7/h6H,4-5,9H2,1-3H3. The van der Waals surface area contributed by atoms with Crippen molar-refractivity contribution in [2.75, 3.05) is 6.54 Å². The van der Waals surface area contributed by atoms with Crippen LogP contribution in [0.1, 0.15) is 26.5 Å². The monoisotopic (exact) mass is 168 g/mol. The molecule has 1 heterocycles. The molecular formula is C8H16N4. The number of aromatic nitrogens is 3. The topological polar surface area (TPSA) is 56.7 Å². The SMILES string of the molecule is CC(C)(C)c1cn(CCN)nn1. The van der Waals surface area contributed by atoms with Gasteiger partial charge in [0.15, 0.2) is 0 Å². The molecule has 0 atom stereocenters. The normalized spacial score (nSPS) is 12.0. The summed E-state index contributed by atoms with van der Waals surface area (Å²) in [7, 11) is 0. The molecule has 68 valence electrons. The number of rotatable bonds is 2. The lowest BCUT2D eigenvalue weighted by molar-refractivity contribution is 0.566. The second-order valence-corrected chi connectivity index (χ2v) is 3.91. The van der Waals surface area contributed by atoms with Gasteiger partial charge in [-0.3, -0.25) is 4.68 Å². The van der Waals surface area contributed by atoms with Gasteiger partial charge in [-0.15, -0.1) is 5.10 Å². The smallest absolute Gasteiger partial charge is 0.0880 e. The quantitative estimate of drug-likeness (QED) is 0.701. The summed E-state index contributed by atoms with van der Waals surface area (Å²) in [6.45, 7) is 7.69. The van der Waals surface area contributed by atoms with Crippen LogP contribution in [0.5, 0.6) is 0 Å². The predicted molar refractivity (Wildman–Crippen MR) is 47.8 cm³/mol. The molecule has 2 N–H and O–H groups in total. The highest BCUT2D eigenvalue weighted by molar-refractivity contribution is 5.06.